The number of aryl methyl sites for hydroxylation is 1. The van der Waals surface area contributed by atoms with Crippen molar-refractivity contribution >= 4 is 10.0 Å². The normalized spacial score (nSPS) is 11.6. The first kappa shape index (κ1) is 17.6. The van der Waals surface area contributed by atoms with Gasteiger partial charge in [0.25, 0.3) is 0 Å². The van der Waals surface area contributed by atoms with E-state index in [1.807, 2.05) is 6.07 Å². The van der Waals surface area contributed by atoms with Gasteiger partial charge in [0.05, 0.1) is 17.0 Å². The van der Waals surface area contributed by atoms with Crippen LogP contribution in [0, 0.1) is 18.3 Å². The fourth-order valence-electron chi connectivity index (χ4n) is 1.80. The highest BCUT2D eigenvalue weighted by Gasteiger charge is 2.21. The van der Waals surface area contributed by atoms with Crippen LogP contribution in [0.4, 0.5) is 0 Å². The monoisotopic (exact) mass is 312 g/mol. The van der Waals surface area contributed by atoms with Gasteiger partial charge in [0, 0.05) is 13.2 Å². The molecule has 0 fully saturated rings. The zero-order valence-corrected chi connectivity index (χ0v) is 13.2. The third-order valence-electron chi connectivity index (χ3n) is 2.78. The molecule has 116 valence electrons. The van der Waals surface area contributed by atoms with Gasteiger partial charge in [-0.05, 0) is 32.4 Å². The van der Waals surface area contributed by atoms with Crippen molar-refractivity contribution in [2.24, 2.45) is 0 Å². The van der Waals surface area contributed by atoms with Crippen molar-refractivity contribution < 1.29 is 17.9 Å². The lowest BCUT2D eigenvalue weighted by Gasteiger charge is -2.18. The summed E-state index contributed by atoms with van der Waals surface area (Å²) in [6.45, 7) is 6.12. The molecule has 0 radical (unpaired) electrons. The first-order chi connectivity index (χ1) is 9.96. The van der Waals surface area contributed by atoms with Crippen LogP contribution in [0.25, 0.3) is 0 Å². The molecule has 0 unspecified atom stereocenters. The Morgan fingerprint density at radius 2 is 1.90 bits per heavy atom. The van der Waals surface area contributed by atoms with Crippen molar-refractivity contribution in [1.29, 1.82) is 5.26 Å². The number of rotatable bonds is 8. The number of ether oxygens (including phenoxy) is 2. The Balaban J connectivity index is 2.92. The molecular formula is C14H20N2O4S. The fraction of sp³-hybridized carbons (Fsp3) is 0.500. The molecule has 1 aromatic carbocycles. The Morgan fingerprint density at radius 3 is 2.43 bits per heavy atom. The minimum Gasteiger partial charge on any atom is -0.352 e. The predicted octanol–water partition coefficient (Wildman–Crippen LogP) is 1.54. The van der Waals surface area contributed by atoms with Gasteiger partial charge in [-0.3, -0.25) is 0 Å². The lowest BCUT2D eigenvalue weighted by molar-refractivity contribution is -0.130. The summed E-state index contributed by atoms with van der Waals surface area (Å²) in [7, 11) is -3.79. The zero-order chi connectivity index (χ0) is 15.9. The molecule has 6 nitrogen and oxygen atoms in total. The summed E-state index contributed by atoms with van der Waals surface area (Å²) >= 11 is 0. The van der Waals surface area contributed by atoms with E-state index in [1.54, 1.807) is 32.9 Å². The van der Waals surface area contributed by atoms with Gasteiger partial charge in [0.15, 0.2) is 6.29 Å². The molecule has 0 aromatic heterocycles. The highest BCUT2D eigenvalue weighted by molar-refractivity contribution is 7.89. The van der Waals surface area contributed by atoms with E-state index in [2.05, 4.69) is 4.72 Å². The van der Waals surface area contributed by atoms with Crippen LogP contribution in [-0.2, 0) is 19.5 Å². The number of hydrogen-bond acceptors (Lipinski definition) is 5. The Hall–Kier alpha value is -1.46. The maximum absolute atomic E-state index is 12.3. The molecule has 0 spiro atoms. The molecule has 1 N–H and O–H groups in total. The minimum absolute atomic E-state index is 0.0111. The molecule has 1 rings (SSSR count). The average Bonchev–Trinajstić information content (AvgIpc) is 2.45. The van der Waals surface area contributed by atoms with Gasteiger partial charge in [0.1, 0.15) is 6.07 Å². The Kier molecular flexibility index (Phi) is 6.78. The number of nitriles is 1. The van der Waals surface area contributed by atoms with Gasteiger partial charge in [-0.15, -0.1) is 0 Å². The highest BCUT2D eigenvalue weighted by atomic mass is 32.2. The highest BCUT2D eigenvalue weighted by Crippen LogP contribution is 2.18. The minimum atomic E-state index is -3.79. The van der Waals surface area contributed by atoms with E-state index < -0.39 is 16.3 Å². The van der Waals surface area contributed by atoms with E-state index in [1.165, 1.54) is 6.07 Å². The van der Waals surface area contributed by atoms with Crippen molar-refractivity contribution in [1.82, 2.24) is 4.72 Å². The molecule has 0 bridgehead atoms. The second-order valence-corrected chi connectivity index (χ2v) is 5.99. The van der Waals surface area contributed by atoms with E-state index in [0.29, 0.717) is 18.8 Å². The average molecular weight is 312 g/mol. The SMILES string of the molecule is CCOC(CNS(=O)(=O)c1cccc(C)c1C#N)OCC. The van der Waals surface area contributed by atoms with Crippen LogP contribution in [0.3, 0.4) is 0 Å². The molecule has 0 aliphatic heterocycles. The summed E-state index contributed by atoms with van der Waals surface area (Å²) < 4.78 is 37.6. The third-order valence-corrected chi connectivity index (χ3v) is 4.25. The molecule has 0 atom stereocenters. The molecule has 21 heavy (non-hydrogen) atoms. The van der Waals surface area contributed by atoms with Crippen molar-refractivity contribution in [2.45, 2.75) is 32.0 Å². The molecule has 0 saturated carbocycles. The van der Waals surface area contributed by atoms with Crippen LogP contribution in [0.5, 0.6) is 0 Å². The van der Waals surface area contributed by atoms with E-state index in [0.717, 1.165) is 0 Å². The molecular weight excluding hydrogens is 292 g/mol. The van der Waals surface area contributed by atoms with E-state index in [4.69, 9.17) is 14.7 Å². The molecule has 7 heteroatoms. The summed E-state index contributed by atoms with van der Waals surface area (Å²) in [5.41, 5.74) is 0.765. The molecule has 0 saturated heterocycles. The van der Waals surface area contributed by atoms with Crippen molar-refractivity contribution in [2.75, 3.05) is 19.8 Å². The van der Waals surface area contributed by atoms with Gasteiger partial charge in [-0.25, -0.2) is 13.1 Å². The summed E-state index contributed by atoms with van der Waals surface area (Å²) in [6.07, 6.45) is -0.648. The largest absolute Gasteiger partial charge is 0.352 e. The van der Waals surface area contributed by atoms with Crippen molar-refractivity contribution in [3.05, 3.63) is 29.3 Å². The third kappa shape index (κ3) is 4.79. The molecule has 0 aliphatic rings. The lowest BCUT2D eigenvalue weighted by atomic mass is 10.1. The molecule has 0 aliphatic carbocycles. The zero-order valence-electron chi connectivity index (χ0n) is 12.4. The smallest absolute Gasteiger partial charge is 0.242 e. The summed E-state index contributed by atoms with van der Waals surface area (Å²) in [4.78, 5) is -0.0308. The van der Waals surface area contributed by atoms with Crippen LogP contribution in [0.2, 0.25) is 0 Å². The second-order valence-electron chi connectivity index (χ2n) is 4.25. The van der Waals surface area contributed by atoms with Crippen LogP contribution in [0.15, 0.2) is 23.1 Å². The number of hydrogen-bond donors (Lipinski definition) is 1. The Morgan fingerprint density at radius 1 is 1.29 bits per heavy atom. The van der Waals surface area contributed by atoms with Gasteiger partial charge in [0.2, 0.25) is 10.0 Å². The van der Waals surface area contributed by atoms with Crippen LogP contribution >= 0.6 is 0 Å². The van der Waals surface area contributed by atoms with Gasteiger partial charge >= 0.3 is 0 Å². The predicted molar refractivity (Wildman–Crippen MR) is 78.1 cm³/mol. The fourth-order valence-corrected chi connectivity index (χ4v) is 3.05. The molecule has 0 amide bonds. The van der Waals surface area contributed by atoms with Crippen LogP contribution in [0.1, 0.15) is 25.0 Å². The summed E-state index contributed by atoms with van der Waals surface area (Å²) in [5.74, 6) is 0. The first-order valence-corrected chi connectivity index (χ1v) is 8.17. The van der Waals surface area contributed by atoms with Crippen LogP contribution < -0.4 is 4.72 Å². The van der Waals surface area contributed by atoms with Gasteiger partial charge in [-0.2, -0.15) is 5.26 Å². The van der Waals surface area contributed by atoms with Gasteiger partial charge < -0.3 is 9.47 Å². The maximum atomic E-state index is 12.3. The van der Waals surface area contributed by atoms with E-state index >= 15 is 0 Å². The number of sulfonamides is 1. The number of nitrogens with one attached hydrogen (secondary N) is 1. The summed E-state index contributed by atoms with van der Waals surface area (Å²) in [6, 6.07) is 6.63. The van der Waals surface area contributed by atoms with Crippen LogP contribution in [-0.4, -0.2) is 34.5 Å². The lowest BCUT2D eigenvalue weighted by Crippen LogP contribution is -2.35. The van der Waals surface area contributed by atoms with Crippen molar-refractivity contribution in [3.63, 3.8) is 0 Å². The van der Waals surface area contributed by atoms with Crippen molar-refractivity contribution in [3.8, 4) is 6.07 Å². The molecule has 0 heterocycles. The van der Waals surface area contributed by atoms with Gasteiger partial charge in [-0.1, -0.05) is 12.1 Å². The Bertz CT molecular complexity index is 602. The number of nitrogens with zero attached hydrogens (tertiary/aromatic N) is 1. The summed E-state index contributed by atoms with van der Waals surface area (Å²) in [5, 5.41) is 9.12. The second kappa shape index (κ2) is 8.10. The van der Waals surface area contributed by atoms with E-state index in [-0.39, 0.29) is 17.0 Å². The first-order valence-electron chi connectivity index (χ1n) is 6.68. The quantitative estimate of drug-likeness (QED) is 0.736. The topological polar surface area (TPSA) is 88.4 Å². The Labute approximate surface area is 125 Å². The molecule has 1 aromatic rings. The number of benzene rings is 1. The maximum Gasteiger partial charge on any atom is 0.242 e. The standard InChI is InChI=1S/C14H20N2O4S/c1-4-19-14(20-5-2)10-16-21(17,18)13-8-6-7-11(3)12(13)9-15/h6-8,14,16H,4-5,10H2,1-3H3. The van der Waals surface area contributed by atoms with E-state index in [9.17, 15) is 8.42 Å².